The second-order valence-electron chi connectivity index (χ2n) is 13.1. The van der Waals surface area contributed by atoms with Crippen LogP contribution in [0.15, 0.2) is 35.0 Å². The topological polar surface area (TPSA) is 119 Å². The zero-order valence-corrected chi connectivity index (χ0v) is 26.6. The van der Waals surface area contributed by atoms with E-state index in [-0.39, 0.29) is 30.9 Å². The van der Waals surface area contributed by atoms with Gasteiger partial charge in [-0.05, 0) is 72.8 Å². The van der Waals surface area contributed by atoms with Gasteiger partial charge in [-0.25, -0.2) is 9.79 Å². The number of carbonyl (C=O) groups excluding carboxylic acids is 2. The van der Waals surface area contributed by atoms with Crippen molar-refractivity contribution < 1.29 is 33.6 Å². The van der Waals surface area contributed by atoms with Gasteiger partial charge in [-0.15, -0.1) is 0 Å². The summed E-state index contributed by atoms with van der Waals surface area (Å²) in [4.78, 5) is 33.6. The Balaban J connectivity index is 1.53. The molecular weight excluding hydrogens is 562 g/mol. The van der Waals surface area contributed by atoms with Gasteiger partial charge in [-0.2, -0.15) is 0 Å². The fourth-order valence-corrected chi connectivity index (χ4v) is 6.27. The van der Waals surface area contributed by atoms with E-state index in [0.29, 0.717) is 23.8 Å². The van der Waals surface area contributed by atoms with Crippen molar-refractivity contribution in [1.29, 1.82) is 0 Å². The number of aliphatic hydroxyl groups is 1. The summed E-state index contributed by atoms with van der Waals surface area (Å²) in [6.45, 7) is 7.99. The summed E-state index contributed by atoms with van der Waals surface area (Å²) in [5.41, 5.74) is 1.77. The maximum Gasteiger partial charge on any atom is 0.328 e. The maximum atomic E-state index is 14.1. The number of hydrogen-bond acceptors (Lipinski definition) is 9. The number of amides is 1. The molecule has 1 saturated heterocycles. The van der Waals surface area contributed by atoms with Crippen molar-refractivity contribution in [1.82, 2.24) is 10.2 Å². The van der Waals surface area contributed by atoms with Crippen LogP contribution >= 0.6 is 0 Å². The fraction of sp³-hybridized carbons (Fsp3) is 0.618. The first-order valence-corrected chi connectivity index (χ1v) is 15.6. The van der Waals surface area contributed by atoms with Crippen molar-refractivity contribution in [2.45, 2.75) is 103 Å². The van der Waals surface area contributed by atoms with Gasteiger partial charge in [0.2, 0.25) is 12.3 Å². The van der Waals surface area contributed by atoms with Crippen LogP contribution in [-0.2, 0) is 23.8 Å². The highest BCUT2D eigenvalue weighted by Gasteiger charge is 2.47. The summed E-state index contributed by atoms with van der Waals surface area (Å²) in [7, 11) is 2.96. The Kier molecular flexibility index (Phi) is 9.68. The lowest BCUT2D eigenvalue weighted by molar-refractivity contribution is -0.162. The molecule has 7 unspecified atom stereocenters. The summed E-state index contributed by atoms with van der Waals surface area (Å²) in [5, 5.41) is 13.8. The van der Waals surface area contributed by atoms with E-state index in [1.165, 1.54) is 12.0 Å². The molecule has 1 aliphatic carbocycles. The number of nitrogens with zero attached hydrogens (tertiary/aromatic N) is 2. The van der Waals surface area contributed by atoms with Crippen molar-refractivity contribution >= 4 is 23.3 Å². The number of hydrogen-bond donors (Lipinski definition) is 2. The van der Waals surface area contributed by atoms with E-state index in [1.807, 2.05) is 39.0 Å². The Hall–Kier alpha value is -3.39. The summed E-state index contributed by atoms with van der Waals surface area (Å²) < 4.78 is 23.1. The van der Waals surface area contributed by atoms with Gasteiger partial charge in [-0.3, -0.25) is 10.1 Å². The minimum Gasteiger partial charge on any atom is -0.497 e. The summed E-state index contributed by atoms with van der Waals surface area (Å²) >= 11 is 0. The molecule has 5 rings (SSSR count). The number of rotatable bonds is 3. The third kappa shape index (κ3) is 7.12. The van der Waals surface area contributed by atoms with Crippen molar-refractivity contribution in [3.63, 3.8) is 0 Å². The van der Waals surface area contributed by atoms with E-state index in [1.54, 1.807) is 7.11 Å². The molecule has 1 aromatic carbocycles. The van der Waals surface area contributed by atoms with E-state index in [0.717, 1.165) is 42.7 Å². The molecule has 44 heavy (non-hydrogen) atoms. The van der Waals surface area contributed by atoms with Gasteiger partial charge in [0.05, 0.1) is 38.6 Å². The Morgan fingerprint density at radius 2 is 2.05 bits per heavy atom. The van der Waals surface area contributed by atoms with Gasteiger partial charge in [0.25, 0.3) is 0 Å². The van der Waals surface area contributed by atoms with Gasteiger partial charge in [0.1, 0.15) is 17.9 Å². The highest BCUT2D eigenvalue weighted by molar-refractivity contribution is 6.13. The van der Waals surface area contributed by atoms with Crippen LogP contribution < -0.4 is 10.1 Å². The predicted molar refractivity (Wildman–Crippen MR) is 165 cm³/mol. The Labute approximate surface area is 260 Å². The van der Waals surface area contributed by atoms with Crippen LogP contribution in [0.5, 0.6) is 5.75 Å². The highest BCUT2D eigenvalue weighted by Crippen LogP contribution is 2.40. The number of nitrogens with one attached hydrogen (secondary N) is 1. The number of fused-ring (bicyclic) bond motifs is 5. The second kappa shape index (κ2) is 13.3. The number of esters is 1. The fourth-order valence-electron chi connectivity index (χ4n) is 6.27. The largest absolute Gasteiger partial charge is 0.497 e. The SMILES string of the molecule is CCC1C=C2OC3CC(C(=O)OC)N(C3)C(=O)C(C(C)(C)C)NC(O)OC3CC3CCCC#CC2=Nc2ccc(OC)cc21. The van der Waals surface area contributed by atoms with Crippen molar-refractivity contribution in [3.8, 4) is 17.6 Å². The molecule has 10 heteroatoms. The van der Waals surface area contributed by atoms with E-state index in [4.69, 9.17) is 23.9 Å². The third-order valence-electron chi connectivity index (χ3n) is 8.87. The van der Waals surface area contributed by atoms with Crippen LogP contribution in [0.2, 0.25) is 0 Å². The van der Waals surface area contributed by atoms with Crippen molar-refractivity contribution in [3.05, 3.63) is 35.6 Å². The second-order valence-corrected chi connectivity index (χ2v) is 13.1. The van der Waals surface area contributed by atoms with E-state index in [9.17, 15) is 14.7 Å². The molecule has 4 aliphatic rings. The predicted octanol–water partition coefficient (Wildman–Crippen LogP) is 4.19. The molecule has 2 fully saturated rings. The first kappa shape index (κ1) is 32.0. The van der Waals surface area contributed by atoms with Crippen LogP contribution in [0.25, 0.3) is 0 Å². The summed E-state index contributed by atoms with van der Waals surface area (Å²) in [6.07, 6.45) is 4.55. The molecular formula is C34H45N3O7. The first-order valence-electron chi connectivity index (χ1n) is 15.6. The Morgan fingerprint density at radius 3 is 2.75 bits per heavy atom. The number of allylic oxidation sites excluding steroid dienone is 2. The molecule has 1 saturated carbocycles. The summed E-state index contributed by atoms with van der Waals surface area (Å²) in [6, 6.07) is 4.16. The lowest BCUT2D eigenvalue weighted by atomic mass is 9.85. The average Bonchev–Trinajstić information content (AvgIpc) is 3.62. The molecule has 1 amide bonds. The summed E-state index contributed by atoms with van der Waals surface area (Å²) in [5.74, 6) is 7.34. The molecule has 2 N–H and O–H groups in total. The third-order valence-corrected chi connectivity index (χ3v) is 8.87. The molecule has 3 heterocycles. The first-order chi connectivity index (χ1) is 21.0. The monoisotopic (exact) mass is 607 g/mol. The molecule has 0 aromatic heterocycles. The normalized spacial score (nSPS) is 30.8. The zero-order chi connectivity index (χ0) is 31.6. The van der Waals surface area contributed by atoms with Crippen molar-refractivity contribution in [2.24, 2.45) is 16.3 Å². The van der Waals surface area contributed by atoms with E-state index >= 15 is 0 Å². The van der Waals surface area contributed by atoms with Crippen LogP contribution in [0, 0.1) is 23.2 Å². The lowest BCUT2D eigenvalue weighted by Crippen LogP contribution is -2.58. The lowest BCUT2D eigenvalue weighted by Gasteiger charge is -2.36. The molecule has 3 aliphatic heterocycles. The van der Waals surface area contributed by atoms with Crippen LogP contribution in [0.3, 0.4) is 0 Å². The molecule has 0 radical (unpaired) electrons. The van der Waals surface area contributed by atoms with Crippen molar-refractivity contribution in [2.75, 3.05) is 20.8 Å². The zero-order valence-electron chi connectivity index (χ0n) is 26.6. The van der Waals surface area contributed by atoms with Crippen LogP contribution in [0.1, 0.15) is 77.7 Å². The van der Waals surface area contributed by atoms with Gasteiger partial charge in [-0.1, -0.05) is 33.6 Å². The van der Waals surface area contributed by atoms with Gasteiger partial charge < -0.3 is 29.0 Å². The van der Waals surface area contributed by atoms with E-state index < -0.39 is 36.0 Å². The molecule has 10 nitrogen and oxygen atoms in total. The Morgan fingerprint density at radius 1 is 1.25 bits per heavy atom. The van der Waals surface area contributed by atoms with Gasteiger partial charge in [0, 0.05) is 18.8 Å². The van der Waals surface area contributed by atoms with Gasteiger partial charge in [0.15, 0.2) is 11.5 Å². The number of aliphatic hydroxyl groups excluding tert-OH is 1. The van der Waals surface area contributed by atoms with Crippen LogP contribution in [0.4, 0.5) is 5.69 Å². The molecule has 238 valence electrons. The number of aliphatic imine (C=N–C) groups is 1. The van der Waals surface area contributed by atoms with Crippen LogP contribution in [-0.4, -0.2) is 79.1 Å². The number of carbonyl (C=O) groups is 2. The quantitative estimate of drug-likeness (QED) is 0.388. The number of ether oxygens (including phenoxy) is 4. The average molecular weight is 608 g/mol. The molecule has 2 bridgehead atoms. The number of methoxy groups -OCH3 is 2. The molecule has 0 spiro atoms. The van der Waals surface area contributed by atoms with Gasteiger partial charge >= 0.3 is 5.97 Å². The minimum absolute atomic E-state index is 0.00527. The standard InChI is InChI=1S/C34H45N3O7/c1-7-20-15-29-26(35-25-14-13-22(41-5)17-24(20)25)12-10-8-9-11-21-16-28(21)44-33(40)36-30(34(2,3)4)31(38)37-19-23(43-29)18-27(37)32(39)42-6/h13-15,17,20-21,23,27-28,30,33,36,40H,7-9,11,16,18-19H2,1-6H3. The number of benzene rings is 1. The molecule has 7 atom stereocenters. The molecule has 1 aromatic rings. The van der Waals surface area contributed by atoms with E-state index in [2.05, 4.69) is 30.2 Å². The maximum absolute atomic E-state index is 14.1. The Bertz CT molecular complexity index is 1370. The minimum atomic E-state index is -1.32. The highest BCUT2D eigenvalue weighted by atomic mass is 16.6. The smallest absolute Gasteiger partial charge is 0.328 e.